The largest absolute Gasteiger partial charge is 0.333 e. The van der Waals surface area contributed by atoms with E-state index in [0.29, 0.717) is 36.2 Å². The summed E-state index contributed by atoms with van der Waals surface area (Å²) in [6.45, 7) is 4.46. The SMILES string of the molecule is C[C@@H]1CNCCN1C(=O)c1ccc2c(c1)C(=O)N(CCc1ccccc1)C2=O. The Balaban J connectivity index is 1.53. The van der Waals surface area contributed by atoms with Gasteiger partial charge in [0.25, 0.3) is 17.7 Å². The Morgan fingerprint density at radius 3 is 2.57 bits per heavy atom. The predicted molar refractivity (Wildman–Crippen MR) is 105 cm³/mol. The van der Waals surface area contributed by atoms with Gasteiger partial charge in [-0.05, 0) is 37.1 Å². The number of imide groups is 1. The van der Waals surface area contributed by atoms with Gasteiger partial charge in [0.15, 0.2) is 0 Å². The van der Waals surface area contributed by atoms with E-state index < -0.39 is 0 Å². The zero-order valence-corrected chi connectivity index (χ0v) is 15.9. The lowest BCUT2D eigenvalue weighted by molar-refractivity contribution is 0.0648. The Bertz CT molecular complexity index is 926. The summed E-state index contributed by atoms with van der Waals surface area (Å²) in [7, 11) is 0. The van der Waals surface area contributed by atoms with Gasteiger partial charge < -0.3 is 10.2 Å². The van der Waals surface area contributed by atoms with Crippen LogP contribution >= 0.6 is 0 Å². The molecule has 1 atom stereocenters. The Hall–Kier alpha value is -2.99. The van der Waals surface area contributed by atoms with E-state index in [2.05, 4.69) is 5.32 Å². The van der Waals surface area contributed by atoms with Crippen LogP contribution in [0, 0.1) is 0 Å². The molecule has 1 fully saturated rings. The van der Waals surface area contributed by atoms with E-state index in [-0.39, 0.29) is 23.8 Å². The van der Waals surface area contributed by atoms with Crippen molar-refractivity contribution in [2.45, 2.75) is 19.4 Å². The van der Waals surface area contributed by atoms with E-state index in [1.807, 2.05) is 42.2 Å². The van der Waals surface area contributed by atoms with Gasteiger partial charge in [0.05, 0.1) is 11.1 Å². The molecule has 0 aliphatic carbocycles. The topological polar surface area (TPSA) is 69.7 Å². The maximum Gasteiger partial charge on any atom is 0.261 e. The van der Waals surface area contributed by atoms with Crippen molar-refractivity contribution < 1.29 is 14.4 Å². The highest BCUT2D eigenvalue weighted by Crippen LogP contribution is 2.25. The molecule has 0 aromatic heterocycles. The molecule has 6 heteroatoms. The minimum absolute atomic E-state index is 0.0919. The van der Waals surface area contributed by atoms with Crippen LogP contribution in [0.15, 0.2) is 48.5 Å². The second kappa shape index (κ2) is 7.56. The lowest BCUT2D eigenvalue weighted by Gasteiger charge is -2.34. The molecule has 2 heterocycles. The van der Waals surface area contributed by atoms with Crippen molar-refractivity contribution in [2.75, 3.05) is 26.2 Å². The van der Waals surface area contributed by atoms with E-state index in [4.69, 9.17) is 0 Å². The van der Waals surface area contributed by atoms with E-state index >= 15 is 0 Å². The normalized spacial score (nSPS) is 19.1. The van der Waals surface area contributed by atoms with Crippen molar-refractivity contribution in [3.63, 3.8) is 0 Å². The van der Waals surface area contributed by atoms with Crippen LogP contribution in [0.2, 0.25) is 0 Å². The molecule has 0 bridgehead atoms. The average Bonchev–Trinajstić information content (AvgIpc) is 2.96. The average molecular weight is 377 g/mol. The highest BCUT2D eigenvalue weighted by molar-refractivity contribution is 6.22. The number of nitrogens with one attached hydrogen (secondary N) is 1. The summed E-state index contributed by atoms with van der Waals surface area (Å²) in [5.41, 5.74) is 2.23. The lowest BCUT2D eigenvalue weighted by atomic mass is 10.0. The quantitative estimate of drug-likeness (QED) is 0.827. The number of carbonyl (C=O) groups excluding carboxylic acids is 3. The van der Waals surface area contributed by atoms with E-state index in [1.165, 1.54) is 4.90 Å². The van der Waals surface area contributed by atoms with Crippen molar-refractivity contribution >= 4 is 17.7 Å². The third-order valence-electron chi connectivity index (χ3n) is 5.45. The third kappa shape index (κ3) is 3.31. The summed E-state index contributed by atoms with van der Waals surface area (Å²) >= 11 is 0. The number of fused-ring (bicyclic) bond motifs is 1. The highest BCUT2D eigenvalue weighted by atomic mass is 16.2. The summed E-state index contributed by atoms with van der Waals surface area (Å²) in [6, 6.07) is 14.7. The number of carbonyl (C=O) groups is 3. The van der Waals surface area contributed by atoms with Crippen LogP contribution in [0.3, 0.4) is 0 Å². The predicted octanol–water partition coefficient (Wildman–Crippen LogP) is 1.96. The van der Waals surface area contributed by atoms with Crippen molar-refractivity contribution in [2.24, 2.45) is 0 Å². The Morgan fingerprint density at radius 2 is 1.82 bits per heavy atom. The van der Waals surface area contributed by atoms with Gasteiger partial charge in [-0.15, -0.1) is 0 Å². The molecule has 4 rings (SSSR count). The van der Waals surface area contributed by atoms with Crippen LogP contribution in [0.5, 0.6) is 0 Å². The fourth-order valence-corrected chi connectivity index (χ4v) is 3.82. The van der Waals surface area contributed by atoms with E-state index in [1.54, 1.807) is 18.2 Å². The first-order chi connectivity index (χ1) is 13.6. The van der Waals surface area contributed by atoms with E-state index in [9.17, 15) is 14.4 Å². The first kappa shape index (κ1) is 18.4. The lowest BCUT2D eigenvalue weighted by Crippen LogP contribution is -2.52. The monoisotopic (exact) mass is 377 g/mol. The fourth-order valence-electron chi connectivity index (χ4n) is 3.82. The molecule has 6 nitrogen and oxygen atoms in total. The fraction of sp³-hybridized carbons (Fsp3) is 0.318. The second-order valence-electron chi connectivity index (χ2n) is 7.31. The molecule has 0 unspecified atom stereocenters. The minimum atomic E-state index is -0.320. The smallest absolute Gasteiger partial charge is 0.261 e. The van der Waals surface area contributed by atoms with Gasteiger partial charge in [0.1, 0.15) is 0 Å². The number of rotatable bonds is 4. The Labute approximate surface area is 164 Å². The van der Waals surface area contributed by atoms with Gasteiger partial charge in [-0.2, -0.15) is 0 Å². The molecule has 0 radical (unpaired) electrons. The molecule has 0 saturated carbocycles. The number of hydrogen-bond acceptors (Lipinski definition) is 4. The van der Waals surface area contributed by atoms with Crippen LogP contribution in [0.1, 0.15) is 43.6 Å². The number of piperazine rings is 1. The van der Waals surface area contributed by atoms with Gasteiger partial charge in [0, 0.05) is 37.8 Å². The summed E-state index contributed by atoms with van der Waals surface area (Å²) in [5, 5.41) is 3.26. The number of hydrogen-bond donors (Lipinski definition) is 1. The maximum absolute atomic E-state index is 12.9. The van der Waals surface area contributed by atoms with Crippen LogP contribution < -0.4 is 5.32 Å². The number of nitrogens with zero attached hydrogens (tertiary/aromatic N) is 2. The molecule has 2 aliphatic heterocycles. The zero-order valence-electron chi connectivity index (χ0n) is 15.9. The van der Waals surface area contributed by atoms with Crippen molar-refractivity contribution in [3.8, 4) is 0 Å². The minimum Gasteiger partial charge on any atom is -0.333 e. The zero-order chi connectivity index (χ0) is 19.7. The van der Waals surface area contributed by atoms with Gasteiger partial charge >= 0.3 is 0 Å². The highest BCUT2D eigenvalue weighted by Gasteiger charge is 2.36. The van der Waals surface area contributed by atoms with Crippen molar-refractivity contribution in [1.82, 2.24) is 15.1 Å². The first-order valence-electron chi connectivity index (χ1n) is 9.62. The summed E-state index contributed by atoms with van der Waals surface area (Å²) in [6.07, 6.45) is 0.608. The Morgan fingerprint density at radius 1 is 1.07 bits per heavy atom. The van der Waals surface area contributed by atoms with E-state index in [0.717, 1.165) is 18.7 Å². The molecule has 2 aliphatic rings. The molecule has 3 amide bonds. The molecule has 144 valence electrons. The molecule has 0 spiro atoms. The summed E-state index contributed by atoms with van der Waals surface area (Å²) in [5.74, 6) is -0.704. The van der Waals surface area contributed by atoms with Crippen molar-refractivity contribution in [3.05, 3.63) is 70.8 Å². The first-order valence-corrected chi connectivity index (χ1v) is 9.62. The second-order valence-corrected chi connectivity index (χ2v) is 7.31. The molecular weight excluding hydrogens is 354 g/mol. The molecule has 28 heavy (non-hydrogen) atoms. The third-order valence-corrected chi connectivity index (χ3v) is 5.45. The molecular formula is C22H23N3O3. The molecule has 2 aromatic carbocycles. The summed E-state index contributed by atoms with van der Waals surface area (Å²) in [4.78, 5) is 41.4. The summed E-state index contributed by atoms with van der Waals surface area (Å²) < 4.78 is 0. The number of benzene rings is 2. The van der Waals surface area contributed by atoms with Crippen LogP contribution in [0.4, 0.5) is 0 Å². The van der Waals surface area contributed by atoms with Gasteiger partial charge in [-0.3, -0.25) is 19.3 Å². The molecule has 2 aromatic rings. The molecule has 1 N–H and O–H groups in total. The van der Waals surface area contributed by atoms with Gasteiger partial charge in [-0.25, -0.2) is 0 Å². The van der Waals surface area contributed by atoms with Crippen molar-refractivity contribution in [1.29, 1.82) is 0 Å². The molecule has 1 saturated heterocycles. The van der Waals surface area contributed by atoms with Crippen LogP contribution in [0.25, 0.3) is 0 Å². The number of amides is 3. The maximum atomic E-state index is 12.9. The van der Waals surface area contributed by atoms with Gasteiger partial charge in [0.2, 0.25) is 0 Å². The Kier molecular flexibility index (Phi) is 4.96. The standard InChI is InChI=1S/C22H23N3O3/c1-15-14-23-10-12-24(15)20(26)17-7-8-18-19(13-17)22(28)25(21(18)27)11-9-16-5-3-2-4-6-16/h2-8,13,15,23H,9-12,14H2,1H3/t15-/m1/s1. The van der Waals surface area contributed by atoms with Crippen LogP contribution in [-0.4, -0.2) is 59.7 Å². The van der Waals surface area contributed by atoms with Gasteiger partial charge in [-0.1, -0.05) is 30.3 Å². The van der Waals surface area contributed by atoms with Crippen LogP contribution in [-0.2, 0) is 6.42 Å².